The van der Waals surface area contributed by atoms with Crippen molar-refractivity contribution in [1.82, 2.24) is 25.7 Å². The lowest BCUT2D eigenvalue weighted by Gasteiger charge is -2.43. The Kier molecular flexibility index (Phi) is 8.49. The monoisotopic (exact) mass is 555 g/mol. The smallest absolute Gasteiger partial charge is 0.273 e. The minimum Gasteiger partial charge on any atom is -0.355 e. The Labute approximate surface area is 230 Å². The van der Waals surface area contributed by atoms with Crippen molar-refractivity contribution in [2.24, 2.45) is 5.92 Å². The molecule has 0 radical (unpaired) electrons. The minimum atomic E-state index is -0.839. The lowest BCUT2D eigenvalue weighted by Crippen LogP contribution is -2.58. The summed E-state index contributed by atoms with van der Waals surface area (Å²) in [6.45, 7) is 2.84. The molecular formula is C29H32F3N5O3. The molecule has 3 atom stereocenters. The molecule has 1 aliphatic heterocycles. The van der Waals surface area contributed by atoms with Crippen LogP contribution in [0.3, 0.4) is 0 Å². The molecule has 1 aromatic carbocycles. The van der Waals surface area contributed by atoms with Gasteiger partial charge in [-0.05, 0) is 50.5 Å². The van der Waals surface area contributed by atoms with E-state index in [9.17, 15) is 22.8 Å². The van der Waals surface area contributed by atoms with E-state index in [0.717, 1.165) is 37.8 Å². The van der Waals surface area contributed by atoms with Gasteiger partial charge in [0.05, 0.1) is 23.2 Å². The van der Waals surface area contributed by atoms with E-state index in [-0.39, 0.29) is 28.6 Å². The average molecular weight is 556 g/mol. The molecule has 8 nitrogen and oxygen atoms in total. The van der Waals surface area contributed by atoms with Gasteiger partial charge in [0.1, 0.15) is 17.5 Å². The summed E-state index contributed by atoms with van der Waals surface area (Å²) in [4.78, 5) is 33.1. The molecule has 2 amide bonds. The number of hydrogen-bond donors (Lipinski definition) is 2. The number of aromatic nitrogens is 2. The van der Waals surface area contributed by atoms with Crippen LogP contribution < -0.4 is 10.6 Å². The van der Waals surface area contributed by atoms with Gasteiger partial charge in [-0.3, -0.25) is 19.5 Å². The zero-order valence-electron chi connectivity index (χ0n) is 22.2. The number of rotatable bonds is 7. The summed E-state index contributed by atoms with van der Waals surface area (Å²) in [6, 6.07) is 6.28. The van der Waals surface area contributed by atoms with Crippen molar-refractivity contribution in [3.8, 4) is 11.3 Å². The van der Waals surface area contributed by atoms with Gasteiger partial charge in [-0.1, -0.05) is 24.4 Å². The van der Waals surface area contributed by atoms with Crippen LogP contribution >= 0.6 is 0 Å². The molecule has 212 valence electrons. The Hall–Kier alpha value is -3.73. The Bertz CT molecular complexity index is 1360. The van der Waals surface area contributed by atoms with E-state index >= 15 is 0 Å². The number of amides is 2. The van der Waals surface area contributed by atoms with Crippen molar-refractivity contribution in [1.29, 1.82) is 0 Å². The van der Waals surface area contributed by atoms with Crippen molar-refractivity contribution < 1.29 is 27.3 Å². The molecule has 5 rings (SSSR count). The van der Waals surface area contributed by atoms with Crippen LogP contribution in [0.5, 0.6) is 0 Å². The van der Waals surface area contributed by atoms with Crippen LogP contribution in [0.2, 0.25) is 0 Å². The molecule has 2 N–H and O–H groups in total. The number of halogens is 3. The molecule has 3 aromatic rings. The Morgan fingerprint density at radius 3 is 2.60 bits per heavy atom. The fourth-order valence-corrected chi connectivity index (χ4v) is 5.74. The van der Waals surface area contributed by atoms with Crippen LogP contribution in [-0.2, 0) is 4.79 Å². The quantitative estimate of drug-likeness (QED) is 0.435. The molecule has 1 aliphatic carbocycles. The second-order valence-electron chi connectivity index (χ2n) is 10.6. The summed E-state index contributed by atoms with van der Waals surface area (Å²) in [5.74, 6) is -3.58. The van der Waals surface area contributed by atoms with Crippen LogP contribution in [0.1, 0.15) is 67.7 Å². The highest BCUT2D eigenvalue weighted by Crippen LogP contribution is 2.29. The number of nitrogens with one attached hydrogen (secondary N) is 2. The molecule has 40 heavy (non-hydrogen) atoms. The molecule has 11 heteroatoms. The summed E-state index contributed by atoms with van der Waals surface area (Å²) < 4.78 is 47.0. The predicted molar refractivity (Wildman–Crippen MR) is 140 cm³/mol. The van der Waals surface area contributed by atoms with Gasteiger partial charge in [-0.15, -0.1) is 0 Å². The number of hydrogen-bond acceptors (Lipinski definition) is 6. The van der Waals surface area contributed by atoms with Crippen LogP contribution in [0.25, 0.3) is 11.3 Å². The summed E-state index contributed by atoms with van der Waals surface area (Å²) in [5, 5.41) is 9.56. The van der Waals surface area contributed by atoms with Gasteiger partial charge >= 0.3 is 0 Å². The molecular weight excluding hydrogens is 523 g/mol. The Morgan fingerprint density at radius 1 is 1.05 bits per heavy atom. The molecule has 1 saturated carbocycles. The number of likely N-dealkylation sites (tertiary alicyclic amines) is 1. The van der Waals surface area contributed by atoms with Crippen LogP contribution in [0, 0.1) is 23.4 Å². The fourth-order valence-electron chi connectivity index (χ4n) is 5.74. The van der Waals surface area contributed by atoms with Gasteiger partial charge in [0.2, 0.25) is 5.91 Å². The van der Waals surface area contributed by atoms with Gasteiger partial charge in [-0.25, -0.2) is 13.2 Å². The second-order valence-corrected chi connectivity index (χ2v) is 10.6. The molecule has 1 saturated heterocycles. The van der Waals surface area contributed by atoms with E-state index in [0.29, 0.717) is 25.6 Å². The number of piperidine rings is 1. The highest BCUT2D eigenvalue weighted by molar-refractivity contribution is 5.94. The molecule has 0 unspecified atom stereocenters. The SMILES string of the molecule is C[C@@H](NC(=O)[C@H]1CN(C2CCCCC2)CC[C@@H]1NC(=O)c1cc(-c2ccc(F)cc2F)on1)c1ncccc1F. The first-order valence-electron chi connectivity index (χ1n) is 13.7. The van der Waals surface area contributed by atoms with E-state index in [1.807, 2.05) is 0 Å². The normalized spacial score (nSPS) is 21.1. The highest BCUT2D eigenvalue weighted by Gasteiger charge is 2.39. The molecule has 2 aromatic heterocycles. The van der Waals surface area contributed by atoms with Gasteiger partial charge in [-0.2, -0.15) is 0 Å². The zero-order chi connectivity index (χ0) is 28.2. The maximum Gasteiger partial charge on any atom is 0.273 e. The number of nitrogens with zero attached hydrogens (tertiary/aromatic N) is 3. The maximum atomic E-state index is 14.3. The lowest BCUT2D eigenvalue weighted by molar-refractivity contribution is -0.128. The van der Waals surface area contributed by atoms with Gasteiger partial charge < -0.3 is 15.2 Å². The Morgan fingerprint density at radius 2 is 1.85 bits per heavy atom. The molecule has 0 spiro atoms. The Balaban J connectivity index is 1.32. The highest BCUT2D eigenvalue weighted by atomic mass is 19.1. The van der Waals surface area contributed by atoms with E-state index in [4.69, 9.17) is 4.52 Å². The molecule has 2 aliphatic rings. The number of benzene rings is 1. The van der Waals surface area contributed by atoms with E-state index < -0.39 is 41.4 Å². The van der Waals surface area contributed by atoms with Crippen molar-refractivity contribution in [2.75, 3.05) is 13.1 Å². The fraction of sp³-hybridized carbons (Fsp3) is 0.448. The van der Waals surface area contributed by atoms with E-state index in [2.05, 4.69) is 25.7 Å². The lowest BCUT2D eigenvalue weighted by atomic mass is 9.86. The molecule has 3 heterocycles. The van der Waals surface area contributed by atoms with E-state index in [1.54, 1.807) is 6.92 Å². The van der Waals surface area contributed by atoms with Crippen molar-refractivity contribution >= 4 is 11.8 Å². The van der Waals surface area contributed by atoms with Gasteiger partial charge in [0, 0.05) is 43.5 Å². The third-order valence-electron chi connectivity index (χ3n) is 7.88. The van der Waals surface area contributed by atoms with Crippen LogP contribution in [0.4, 0.5) is 13.2 Å². The van der Waals surface area contributed by atoms with E-state index in [1.165, 1.54) is 36.9 Å². The van der Waals surface area contributed by atoms with Crippen molar-refractivity contribution in [2.45, 2.75) is 63.6 Å². The third kappa shape index (κ3) is 6.19. The number of pyridine rings is 1. The average Bonchev–Trinajstić information content (AvgIpc) is 3.44. The predicted octanol–water partition coefficient (Wildman–Crippen LogP) is 4.78. The summed E-state index contributed by atoms with van der Waals surface area (Å²) in [6.07, 6.45) is 7.66. The maximum absolute atomic E-state index is 14.3. The largest absolute Gasteiger partial charge is 0.355 e. The minimum absolute atomic E-state index is 0.0183. The molecule has 0 bridgehead atoms. The van der Waals surface area contributed by atoms with Crippen molar-refractivity contribution in [3.05, 3.63) is 71.4 Å². The first kappa shape index (κ1) is 27.8. The summed E-state index contributed by atoms with van der Waals surface area (Å²) in [5.41, 5.74) is 0.0257. The number of carbonyl (C=O) groups is 2. The topological polar surface area (TPSA) is 100 Å². The third-order valence-corrected chi connectivity index (χ3v) is 7.88. The van der Waals surface area contributed by atoms with Crippen LogP contribution in [0.15, 0.2) is 47.1 Å². The summed E-state index contributed by atoms with van der Waals surface area (Å²) >= 11 is 0. The van der Waals surface area contributed by atoms with Gasteiger partial charge in [0.15, 0.2) is 11.5 Å². The number of carbonyl (C=O) groups excluding carboxylic acids is 2. The second kappa shape index (κ2) is 12.2. The molecule has 2 fully saturated rings. The van der Waals surface area contributed by atoms with Gasteiger partial charge in [0.25, 0.3) is 5.91 Å². The first-order valence-corrected chi connectivity index (χ1v) is 13.7. The summed E-state index contributed by atoms with van der Waals surface area (Å²) in [7, 11) is 0. The standard InChI is InChI=1S/C29H32F3N5O3/c1-17(27-22(31)8-5-12-33-27)34-28(38)21-16-37(19-6-3-2-4-7-19)13-11-24(21)35-29(39)25-15-26(40-36-25)20-10-9-18(30)14-23(20)32/h5,8-10,12,14-15,17,19,21,24H,2-4,6-7,11,13,16H2,1H3,(H,34,38)(H,35,39)/t17-,21+,24+/m1/s1. The van der Waals surface area contributed by atoms with Crippen LogP contribution in [-0.4, -0.2) is 52.0 Å². The van der Waals surface area contributed by atoms with Crippen molar-refractivity contribution in [3.63, 3.8) is 0 Å². The first-order chi connectivity index (χ1) is 19.3. The zero-order valence-corrected chi connectivity index (χ0v) is 22.2.